The van der Waals surface area contributed by atoms with E-state index in [4.69, 9.17) is 9.52 Å². The van der Waals surface area contributed by atoms with E-state index in [1.54, 1.807) is 6.07 Å². The molecular weight excluding hydrogens is 331 g/mol. The van der Waals surface area contributed by atoms with Crippen LogP contribution in [0.25, 0.3) is 0 Å². The van der Waals surface area contributed by atoms with Crippen molar-refractivity contribution in [2.75, 3.05) is 19.6 Å². The molecule has 0 bridgehead atoms. The number of rotatable bonds is 7. The number of halogens is 1. The lowest BCUT2D eigenvalue weighted by molar-refractivity contribution is 0.392. The Hall–Kier alpha value is -2.37. The van der Waals surface area contributed by atoms with Gasteiger partial charge in [-0.3, -0.25) is 4.99 Å². The molecule has 0 spiro atoms. The minimum atomic E-state index is -0.144. The highest BCUT2D eigenvalue weighted by atomic mass is 19.1. The highest BCUT2D eigenvalue weighted by Gasteiger charge is 2.45. The molecule has 0 unspecified atom stereocenters. The van der Waals surface area contributed by atoms with E-state index in [9.17, 15) is 4.39 Å². The van der Waals surface area contributed by atoms with E-state index in [2.05, 4.69) is 15.8 Å². The first-order chi connectivity index (χ1) is 12.6. The molecule has 1 aliphatic carbocycles. The summed E-state index contributed by atoms with van der Waals surface area (Å²) in [5.74, 6) is 1.50. The van der Waals surface area contributed by atoms with Crippen LogP contribution in [-0.4, -0.2) is 30.8 Å². The summed E-state index contributed by atoms with van der Waals surface area (Å²) in [5.41, 5.74) is 2.71. The van der Waals surface area contributed by atoms with Crippen LogP contribution in [0.2, 0.25) is 0 Å². The molecule has 0 amide bonds. The van der Waals surface area contributed by atoms with Gasteiger partial charge in [0.05, 0.1) is 12.2 Å². The molecule has 2 aromatic rings. The van der Waals surface area contributed by atoms with Crippen LogP contribution in [0.3, 0.4) is 0 Å². The Morgan fingerprint density at radius 3 is 2.65 bits per heavy atom. The van der Waals surface area contributed by atoms with Crippen molar-refractivity contribution in [2.24, 2.45) is 4.99 Å². The van der Waals surface area contributed by atoms with Gasteiger partial charge in [0.2, 0.25) is 0 Å². The van der Waals surface area contributed by atoms with Crippen LogP contribution in [0, 0.1) is 19.7 Å². The molecule has 0 atom stereocenters. The lowest BCUT2D eigenvalue weighted by Gasteiger charge is -2.16. The molecule has 6 heteroatoms. The predicted molar refractivity (Wildman–Crippen MR) is 101 cm³/mol. The molecule has 26 heavy (non-hydrogen) atoms. The van der Waals surface area contributed by atoms with E-state index in [-0.39, 0.29) is 11.2 Å². The quantitative estimate of drug-likeness (QED) is 0.589. The number of aliphatic imine (C=N–C) groups is 1. The number of nitrogens with zero attached hydrogens (tertiary/aromatic N) is 2. The zero-order valence-electron chi connectivity index (χ0n) is 15.7. The van der Waals surface area contributed by atoms with Gasteiger partial charge in [0.25, 0.3) is 0 Å². The van der Waals surface area contributed by atoms with Crippen molar-refractivity contribution in [1.82, 2.24) is 15.8 Å². The number of aromatic nitrogens is 1. The van der Waals surface area contributed by atoms with Crippen LogP contribution >= 0.6 is 0 Å². The fourth-order valence-corrected chi connectivity index (χ4v) is 3.29. The molecule has 1 fully saturated rings. The van der Waals surface area contributed by atoms with E-state index in [1.807, 2.05) is 32.9 Å². The molecule has 5 nitrogen and oxygen atoms in total. The van der Waals surface area contributed by atoms with Crippen LogP contribution in [0.1, 0.15) is 42.3 Å². The largest absolute Gasteiger partial charge is 0.361 e. The minimum absolute atomic E-state index is 0.128. The van der Waals surface area contributed by atoms with Gasteiger partial charge in [0.15, 0.2) is 5.96 Å². The fraction of sp³-hybridized carbons (Fsp3) is 0.500. The number of guanidine groups is 1. The van der Waals surface area contributed by atoms with E-state index >= 15 is 0 Å². The first-order valence-corrected chi connectivity index (χ1v) is 9.24. The van der Waals surface area contributed by atoms with Gasteiger partial charge < -0.3 is 15.2 Å². The smallest absolute Gasteiger partial charge is 0.191 e. The summed E-state index contributed by atoms with van der Waals surface area (Å²) in [4.78, 5) is 4.72. The molecule has 0 saturated heterocycles. The number of hydrogen-bond acceptors (Lipinski definition) is 3. The number of nitrogens with one attached hydrogen (secondary N) is 2. The number of hydrogen-bond donors (Lipinski definition) is 2. The number of benzene rings is 1. The standard InChI is InChI=1S/C20H27FN4O/c1-4-22-19(23-12-9-16-14(2)25-26-15(16)3)24-13-20(10-11-20)17-7-5-6-8-18(17)21/h5-8H,4,9-13H2,1-3H3,(H2,22,23,24). The van der Waals surface area contributed by atoms with E-state index in [0.717, 1.165) is 60.9 Å². The Kier molecular flexibility index (Phi) is 5.59. The summed E-state index contributed by atoms with van der Waals surface area (Å²) >= 11 is 0. The highest BCUT2D eigenvalue weighted by molar-refractivity contribution is 5.79. The third kappa shape index (κ3) is 4.06. The van der Waals surface area contributed by atoms with E-state index < -0.39 is 0 Å². The van der Waals surface area contributed by atoms with Gasteiger partial charge in [-0.2, -0.15) is 0 Å². The summed E-state index contributed by atoms with van der Waals surface area (Å²) in [7, 11) is 0. The Morgan fingerprint density at radius 1 is 1.27 bits per heavy atom. The van der Waals surface area contributed by atoms with Crippen molar-refractivity contribution in [1.29, 1.82) is 0 Å². The van der Waals surface area contributed by atoms with Crippen LogP contribution in [0.5, 0.6) is 0 Å². The van der Waals surface area contributed by atoms with E-state index in [0.29, 0.717) is 6.54 Å². The average Bonchev–Trinajstić information content (AvgIpc) is 3.35. The Bertz CT molecular complexity index is 760. The second kappa shape index (κ2) is 7.89. The third-order valence-corrected chi connectivity index (χ3v) is 5.03. The second-order valence-electron chi connectivity index (χ2n) is 6.93. The number of aryl methyl sites for hydroxylation is 2. The Balaban J connectivity index is 1.62. The van der Waals surface area contributed by atoms with Crippen LogP contribution in [-0.2, 0) is 11.8 Å². The molecule has 0 radical (unpaired) electrons. The van der Waals surface area contributed by atoms with E-state index in [1.165, 1.54) is 6.07 Å². The molecule has 0 aliphatic heterocycles. The zero-order chi connectivity index (χ0) is 18.6. The van der Waals surface area contributed by atoms with Gasteiger partial charge in [-0.1, -0.05) is 23.4 Å². The van der Waals surface area contributed by atoms with Gasteiger partial charge >= 0.3 is 0 Å². The van der Waals surface area contributed by atoms with Gasteiger partial charge in [-0.05, 0) is 51.7 Å². The topological polar surface area (TPSA) is 62.5 Å². The lowest BCUT2D eigenvalue weighted by atomic mass is 9.95. The molecule has 1 aromatic heterocycles. The van der Waals surface area contributed by atoms with Crippen molar-refractivity contribution in [3.8, 4) is 0 Å². The molecule has 1 heterocycles. The SMILES string of the molecule is CCNC(=NCC1(c2ccccc2F)CC1)NCCc1c(C)noc1C. The van der Waals surface area contributed by atoms with Crippen molar-refractivity contribution < 1.29 is 8.91 Å². The van der Waals surface area contributed by atoms with Crippen molar-refractivity contribution in [2.45, 2.75) is 45.4 Å². The van der Waals surface area contributed by atoms with Gasteiger partial charge in [-0.15, -0.1) is 0 Å². The lowest BCUT2D eigenvalue weighted by Crippen LogP contribution is -2.39. The summed E-state index contributed by atoms with van der Waals surface area (Å²) < 4.78 is 19.3. The molecule has 2 N–H and O–H groups in total. The summed E-state index contributed by atoms with van der Waals surface area (Å²) in [5, 5.41) is 10.6. The minimum Gasteiger partial charge on any atom is -0.361 e. The molecule has 1 aliphatic rings. The van der Waals surface area contributed by atoms with Crippen molar-refractivity contribution >= 4 is 5.96 Å². The second-order valence-corrected chi connectivity index (χ2v) is 6.93. The van der Waals surface area contributed by atoms with Crippen molar-refractivity contribution in [3.63, 3.8) is 0 Å². The maximum atomic E-state index is 14.1. The summed E-state index contributed by atoms with van der Waals surface area (Å²) in [6.07, 6.45) is 2.79. The zero-order valence-corrected chi connectivity index (χ0v) is 15.7. The molecule has 1 saturated carbocycles. The summed E-state index contributed by atoms with van der Waals surface area (Å²) in [6.45, 7) is 8.03. The first kappa shape index (κ1) is 18.4. The predicted octanol–water partition coefficient (Wildman–Crippen LogP) is 3.26. The van der Waals surface area contributed by atoms with Crippen molar-refractivity contribution in [3.05, 3.63) is 52.7 Å². The molecule has 3 rings (SSSR count). The Morgan fingerprint density at radius 2 is 2.04 bits per heavy atom. The van der Waals surface area contributed by atoms with Crippen LogP contribution in [0.15, 0.2) is 33.8 Å². The van der Waals surface area contributed by atoms with Gasteiger partial charge in [0, 0.05) is 24.1 Å². The molecule has 1 aromatic carbocycles. The van der Waals surface area contributed by atoms with Crippen LogP contribution in [0.4, 0.5) is 4.39 Å². The average molecular weight is 358 g/mol. The molecule has 140 valence electrons. The van der Waals surface area contributed by atoms with Crippen LogP contribution < -0.4 is 10.6 Å². The fourth-order valence-electron chi connectivity index (χ4n) is 3.29. The molecular formula is C20H27FN4O. The Labute approximate surface area is 154 Å². The normalized spacial score (nSPS) is 15.8. The summed E-state index contributed by atoms with van der Waals surface area (Å²) in [6, 6.07) is 7.05. The monoisotopic (exact) mass is 358 g/mol. The highest BCUT2D eigenvalue weighted by Crippen LogP contribution is 2.49. The van der Waals surface area contributed by atoms with Gasteiger partial charge in [-0.25, -0.2) is 4.39 Å². The van der Waals surface area contributed by atoms with Gasteiger partial charge in [0.1, 0.15) is 11.6 Å². The maximum Gasteiger partial charge on any atom is 0.191 e. The first-order valence-electron chi connectivity index (χ1n) is 9.24. The third-order valence-electron chi connectivity index (χ3n) is 5.03. The maximum absolute atomic E-state index is 14.1.